The first-order valence-electron chi connectivity index (χ1n) is 6.03. The third kappa shape index (κ3) is 3.66. The molecule has 0 aromatic carbocycles. The van der Waals surface area contributed by atoms with E-state index < -0.39 is 9.84 Å². The summed E-state index contributed by atoms with van der Waals surface area (Å²) < 4.78 is 27.8. The summed E-state index contributed by atoms with van der Waals surface area (Å²) in [7, 11) is -1.47. The number of anilines is 2. The molecule has 1 aliphatic heterocycles. The van der Waals surface area contributed by atoms with Gasteiger partial charge in [-0.1, -0.05) is 0 Å². The second kappa shape index (κ2) is 5.55. The third-order valence-electron chi connectivity index (χ3n) is 2.70. The predicted molar refractivity (Wildman–Crippen MR) is 71.2 cm³/mol. The van der Waals surface area contributed by atoms with E-state index in [2.05, 4.69) is 25.6 Å². The molecule has 106 valence electrons. The SMILES string of the molecule is CCNc1nc(NC2CCS(=O)(=O)C2)nc(OC)n1. The molecular weight excluding hydrogens is 270 g/mol. The number of nitrogens with zero attached hydrogens (tertiary/aromatic N) is 3. The van der Waals surface area contributed by atoms with E-state index in [1.54, 1.807) is 0 Å². The van der Waals surface area contributed by atoms with Crippen molar-refractivity contribution in [3.05, 3.63) is 0 Å². The molecule has 0 amide bonds. The highest BCUT2D eigenvalue weighted by Gasteiger charge is 2.28. The fraction of sp³-hybridized carbons (Fsp3) is 0.700. The number of ether oxygens (including phenoxy) is 1. The predicted octanol–water partition coefficient (Wildman–Crippen LogP) is -0.0890. The highest BCUT2D eigenvalue weighted by Crippen LogP contribution is 2.17. The van der Waals surface area contributed by atoms with Crippen molar-refractivity contribution in [2.75, 3.05) is 35.8 Å². The van der Waals surface area contributed by atoms with E-state index in [4.69, 9.17) is 4.74 Å². The monoisotopic (exact) mass is 287 g/mol. The molecule has 1 aliphatic rings. The minimum atomic E-state index is -2.93. The van der Waals surface area contributed by atoms with Crippen molar-refractivity contribution in [3.8, 4) is 6.01 Å². The van der Waals surface area contributed by atoms with Gasteiger partial charge in [0.1, 0.15) is 0 Å². The highest BCUT2D eigenvalue weighted by atomic mass is 32.2. The van der Waals surface area contributed by atoms with Crippen molar-refractivity contribution >= 4 is 21.7 Å². The van der Waals surface area contributed by atoms with E-state index in [0.29, 0.717) is 24.9 Å². The van der Waals surface area contributed by atoms with Crippen LogP contribution in [0.4, 0.5) is 11.9 Å². The first-order valence-corrected chi connectivity index (χ1v) is 7.85. The molecule has 0 spiro atoms. The molecule has 1 saturated heterocycles. The van der Waals surface area contributed by atoms with E-state index in [0.717, 1.165) is 0 Å². The van der Waals surface area contributed by atoms with Gasteiger partial charge < -0.3 is 15.4 Å². The number of nitrogens with one attached hydrogen (secondary N) is 2. The summed E-state index contributed by atoms with van der Waals surface area (Å²) in [6.45, 7) is 2.59. The Balaban J connectivity index is 2.13. The Bertz CT molecular complexity index is 548. The van der Waals surface area contributed by atoms with Crippen LogP contribution in [0, 0.1) is 0 Å². The Kier molecular flexibility index (Phi) is 4.03. The number of hydrogen-bond acceptors (Lipinski definition) is 8. The van der Waals surface area contributed by atoms with E-state index in [9.17, 15) is 8.42 Å². The van der Waals surface area contributed by atoms with Crippen molar-refractivity contribution in [1.29, 1.82) is 0 Å². The zero-order valence-electron chi connectivity index (χ0n) is 10.9. The lowest BCUT2D eigenvalue weighted by Gasteiger charge is -2.12. The van der Waals surface area contributed by atoms with E-state index in [1.807, 2.05) is 6.92 Å². The van der Waals surface area contributed by atoms with Crippen LogP contribution in [0.2, 0.25) is 0 Å². The summed E-state index contributed by atoms with van der Waals surface area (Å²) in [6, 6.07) is 0.0286. The van der Waals surface area contributed by atoms with Gasteiger partial charge in [0.2, 0.25) is 11.9 Å². The van der Waals surface area contributed by atoms with E-state index >= 15 is 0 Å². The van der Waals surface area contributed by atoms with Gasteiger partial charge in [-0.3, -0.25) is 0 Å². The van der Waals surface area contributed by atoms with Crippen LogP contribution in [-0.4, -0.2) is 54.6 Å². The molecule has 0 radical (unpaired) electrons. The molecule has 9 heteroatoms. The molecule has 2 rings (SSSR count). The molecular formula is C10H17N5O3S. The van der Waals surface area contributed by atoms with Crippen molar-refractivity contribution in [3.63, 3.8) is 0 Å². The lowest BCUT2D eigenvalue weighted by Crippen LogP contribution is -2.22. The maximum Gasteiger partial charge on any atom is 0.322 e. The number of methoxy groups -OCH3 is 1. The minimum absolute atomic E-state index is 0.109. The topological polar surface area (TPSA) is 106 Å². The Labute approximate surface area is 111 Å². The second-order valence-corrected chi connectivity index (χ2v) is 6.47. The zero-order valence-corrected chi connectivity index (χ0v) is 11.7. The smallest absolute Gasteiger partial charge is 0.322 e. The fourth-order valence-corrected chi connectivity index (χ4v) is 3.51. The fourth-order valence-electron chi connectivity index (χ4n) is 1.84. The molecule has 1 unspecified atom stereocenters. The molecule has 1 atom stereocenters. The minimum Gasteiger partial charge on any atom is -0.467 e. The molecule has 0 saturated carbocycles. The summed E-state index contributed by atoms with van der Waals surface area (Å²) in [5, 5.41) is 5.97. The molecule has 1 aromatic rings. The molecule has 1 fully saturated rings. The summed E-state index contributed by atoms with van der Waals surface area (Å²) in [5.41, 5.74) is 0. The van der Waals surface area contributed by atoms with Gasteiger partial charge in [-0.2, -0.15) is 15.0 Å². The Hall–Kier alpha value is -1.64. The first kappa shape index (κ1) is 13.8. The van der Waals surface area contributed by atoms with Crippen LogP contribution in [0.1, 0.15) is 13.3 Å². The van der Waals surface area contributed by atoms with Gasteiger partial charge in [0.25, 0.3) is 0 Å². The zero-order chi connectivity index (χ0) is 13.9. The number of sulfone groups is 1. The Morgan fingerprint density at radius 2 is 2.05 bits per heavy atom. The molecule has 19 heavy (non-hydrogen) atoms. The molecule has 0 bridgehead atoms. The Morgan fingerprint density at radius 3 is 2.63 bits per heavy atom. The quantitative estimate of drug-likeness (QED) is 0.774. The van der Waals surface area contributed by atoms with Crippen molar-refractivity contribution in [2.45, 2.75) is 19.4 Å². The van der Waals surface area contributed by atoms with Gasteiger partial charge in [-0.15, -0.1) is 0 Å². The summed E-state index contributed by atoms with van der Waals surface area (Å²) in [4.78, 5) is 12.2. The summed E-state index contributed by atoms with van der Waals surface area (Å²) in [5.74, 6) is 1.03. The molecule has 2 heterocycles. The van der Waals surface area contributed by atoms with Gasteiger partial charge >= 0.3 is 6.01 Å². The van der Waals surface area contributed by atoms with Crippen LogP contribution in [0.25, 0.3) is 0 Å². The summed E-state index contributed by atoms with van der Waals surface area (Å²) in [6.07, 6.45) is 0.562. The third-order valence-corrected chi connectivity index (χ3v) is 4.47. The largest absolute Gasteiger partial charge is 0.467 e. The highest BCUT2D eigenvalue weighted by molar-refractivity contribution is 7.91. The van der Waals surface area contributed by atoms with Crippen LogP contribution < -0.4 is 15.4 Å². The van der Waals surface area contributed by atoms with Gasteiger partial charge in [-0.05, 0) is 13.3 Å². The van der Waals surface area contributed by atoms with Gasteiger partial charge in [0.05, 0.1) is 18.6 Å². The molecule has 2 N–H and O–H groups in total. The van der Waals surface area contributed by atoms with E-state index in [1.165, 1.54) is 7.11 Å². The van der Waals surface area contributed by atoms with Crippen LogP contribution in [0.3, 0.4) is 0 Å². The van der Waals surface area contributed by atoms with Gasteiger partial charge in [0, 0.05) is 12.6 Å². The average Bonchev–Trinajstić information content (AvgIpc) is 2.68. The molecule has 1 aromatic heterocycles. The molecule has 0 aliphatic carbocycles. The molecule has 8 nitrogen and oxygen atoms in total. The van der Waals surface area contributed by atoms with Crippen LogP contribution in [0.5, 0.6) is 6.01 Å². The van der Waals surface area contributed by atoms with E-state index in [-0.39, 0.29) is 23.6 Å². The standard InChI is InChI=1S/C10H17N5O3S/c1-3-11-8-13-9(15-10(14-8)18-2)12-7-4-5-19(16,17)6-7/h7H,3-6H2,1-2H3,(H2,11,12,13,14,15). The van der Waals surface area contributed by atoms with Gasteiger partial charge in [-0.25, -0.2) is 8.42 Å². The first-order chi connectivity index (χ1) is 9.02. The van der Waals surface area contributed by atoms with Crippen LogP contribution >= 0.6 is 0 Å². The normalized spacial score (nSPS) is 21.1. The van der Waals surface area contributed by atoms with Crippen LogP contribution in [0.15, 0.2) is 0 Å². The van der Waals surface area contributed by atoms with Crippen LogP contribution in [-0.2, 0) is 9.84 Å². The number of rotatable bonds is 5. The summed E-state index contributed by atoms with van der Waals surface area (Å²) >= 11 is 0. The van der Waals surface area contributed by atoms with Crippen molar-refractivity contribution in [2.24, 2.45) is 0 Å². The van der Waals surface area contributed by atoms with Crippen molar-refractivity contribution < 1.29 is 13.2 Å². The lowest BCUT2D eigenvalue weighted by molar-refractivity contribution is 0.379. The number of aromatic nitrogens is 3. The van der Waals surface area contributed by atoms with Crippen molar-refractivity contribution in [1.82, 2.24) is 15.0 Å². The Morgan fingerprint density at radius 1 is 1.32 bits per heavy atom. The number of hydrogen-bond donors (Lipinski definition) is 2. The van der Waals surface area contributed by atoms with Gasteiger partial charge in [0.15, 0.2) is 9.84 Å². The average molecular weight is 287 g/mol. The second-order valence-electron chi connectivity index (χ2n) is 4.24. The maximum absolute atomic E-state index is 11.4. The maximum atomic E-state index is 11.4. The lowest BCUT2D eigenvalue weighted by atomic mass is 10.3.